The summed E-state index contributed by atoms with van der Waals surface area (Å²) in [5.41, 5.74) is 0. The van der Waals surface area contributed by atoms with Crippen molar-refractivity contribution >= 4 is 12.1 Å². The molecule has 6 heteroatoms. The summed E-state index contributed by atoms with van der Waals surface area (Å²) < 4.78 is 0. The van der Waals surface area contributed by atoms with E-state index in [1.54, 1.807) is 0 Å². The SMILES string of the molecule is CCCCCCCCN1CCN(C(=O)O)CC1C(=O)O. The molecule has 0 aliphatic carbocycles. The predicted octanol–water partition coefficient (Wildman–Crippen LogP) is 2.10. The molecule has 0 radical (unpaired) electrons. The molecular weight excluding hydrogens is 260 g/mol. The third kappa shape index (κ3) is 5.36. The molecule has 1 heterocycles. The first-order chi connectivity index (χ1) is 9.56. The lowest BCUT2D eigenvalue weighted by atomic mass is 10.1. The first-order valence-electron chi connectivity index (χ1n) is 7.51. The third-order valence-electron chi connectivity index (χ3n) is 3.85. The molecule has 1 amide bonds. The predicted molar refractivity (Wildman–Crippen MR) is 76.0 cm³/mol. The van der Waals surface area contributed by atoms with Crippen molar-refractivity contribution in [3.63, 3.8) is 0 Å². The van der Waals surface area contributed by atoms with E-state index >= 15 is 0 Å². The van der Waals surface area contributed by atoms with Gasteiger partial charge < -0.3 is 15.1 Å². The van der Waals surface area contributed by atoms with E-state index in [0.29, 0.717) is 13.1 Å². The summed E-state index contributed by atoms with van der Waals surface area (Å²) in [7, 11) is 0. The number of hydrogen-bond acceptors (Lipinski definition) is 3. The largest absolute Gasteiger partial charge is 0.480 e. The molecule has 1 rings (SSSR count). The van der Waals surface area contributed by atoms with Gasteiger partial charge in [-0.25, -0.2) is 4.79 Å². The summed E-state index contributed by atoms with van der Waals surface area (Å²) in [6.45, 7) is 3.91. The standard InChI is InChI=1S/C14H26N2O4/c1-2-3-4-5-6-7-8-15-9-10-16(14(19)20)11-12(15)13(17)18/h12H,2-11H2,1H3,(H,17,18)(H,19,20). The summed E-state index contributed by atoms with van der Waals surface area (Å²) >= 11 is 0. The Morgan fingerprint density at radius 2 is 1.70 bits per heavy atom. The van der Waals surface area contributed by atoms with E-state index in [4.69, 9.17) is 5.11 Å². The molecule has 2 N–H and O–H groups in total. The number of carboxylic acid groups (broad SMARTS) is 2. The van der Waals surface area contributed by atoms with E-state index in [9.17, 15) is 14.7 Å². The molecule has 0 saturated carbocycles. The van der Waals surface area contributed by atoms with Crippen molar-refractivity contribution in [2.75, 3.05) is 26.2 Å². The molecule has 116 valence electrons. The number of hydrogen-bond donors (Lipinski definition) is 2. The van der Waals surface area contributed by atoms with E-state index in [0.717, 1.165) is 19.4 Å². The fourth-order valence-electron chi connectivity index (χ4n) is 2.59. The highest BCUT2D eigenvalue weighted by Gasteiger charge is 2.33. The minimum absolute atomic E-state index is 0.0699. The van der Waals surface area contributed by atoms with Crippen molar-refractivity contribution in [3.05, 3.63) is 0 Å². The van der Waals surface area contributed by atoms with Crippen LogP contribution in [0.5, 0.6) is 0 Å². The van der Waals surface area contributed by atoms with E-state index in [1.807, 2.05) is 4.90 Å². The number of rotatable bonds is 8. The van der Waals surface area contributed by atoms with Gasteiger partial charge >= 0.3 is 12.1 Å². The van der Waals surface area contributed by atoms with Crippen LogP contribution in [0.2, 0.25) is 0 Å². The van der Waals surface area contributed by atoms with Gasteiger partial charge in [-0.3, -0.25) is 9.69 Å². The summed E-state index contributed by atoms with van der Waals surface area (Å²) in [5.74, 6) is -0.929. The monoisotopic (exact) mass is 286 g/mol. The van der Waals surface area contributed by atoms with Crippen LogP contribution in [0, 0.1) is 0 Å². The zero-order valence-electron chi connectivity index (χ0n) is 12.3. The van der Waals surface area contributed by atoms with Crippen LogP contribution < -0.4 is 0 Å². The van der Waals surface area contributed by atoms with Gasteiger partial charge in [-0.2, -0.15) is 0 Å². The lowest BCUT2D eigenvalue weighted by Crippen LogP contribution is -2.57. The minimum atomic E-state index is -1.03. The second-order valence-electron chi connectivity index (χ2n) is 5.39. The summed E-state index contributed by atoms with van der Waals surface area (Å²) in [5, 5.41) is 18.2. The summed E-state index contributed by atoms with van der Waals surface area (Å²) in [6.07, 6.45) is 5.99. The third-order valence-corrected chi connectivity index (χ3v) is 3.85. The Morgan fingerprint density at radius 1 is 1.05 bits per heavy atom. The molecule has 1 unspecified atom stereocenters. The summed E-state index contributed by atoms with van der Waals surface area (Å²) in [6, 6.07) is -0.699. The quantitative estimate of drug-likeness (QED) is 0.668. The van der Waals surface area contributed by atoms with Gasteiger partial charge in [-0.1, -0.05) is 39.0 Å². The molecule has 0 aromatic carbocycles. The van der Waals surface area contributed by atoms with Crippen LogP contribution in [0.3, 0.4) is 0 Å². The smallest absolute Gasteiger partial charge is 0.407 e. The lowest BCUT2D eigenvalue weighted by molar-refractivity contribution is -0.145. The topological polar surface area (TPSA) is 81.1 Å². The zero-order chi connectivity index (χ0) is 15.0. The molecule has 1 aliphatic heterocycles. The number of carbonyl (C=O) groups is 2. The minimum Gasteiger partial charge on any atom is -0.480 e. The fraction of sp³-hybridized carbons (Fsp3) is 0.857. The average molecular weight is 286 g/mol. The Hall–Kier alpha value is -1.30. The van der Waals surface area contributed by atoms with Crippen molar-refractivity contribution in [2.45, 2.75) is 51.5 Å². The molecule has 0 aromatic rings. The van der Waals surface area contributed by atoms with Crippen LogP contribution >= 0.6 is 0 Å². The van der Waals surface area contributed by atoms with Crippen LogP contribution in [0.15, 0.2) is 0 Å². The van der Waals surface area contributed by atoms with Crippen LogP contribution in [-0.4, -0.2) is 64.3 Å². The Bertz CT molecular complexity index is 322. The number of carboxylic acids is 1. The van der Waals surface area contributed by atoms with Crippen molar-refractivity contribution < 1.29 is 19.8 Å². The second-order valence-corrected chi connectivity index (χ2v) is 5.39. The molecular formula is C14H26N2O4. The van der Waals surface area contributed by atoms with Gasteiger partial charge in [-0.05, 0) is 13.0 Å². The maximum atomic E-state index is 11.2. The summed E-state index contributed by atoms with van der Waals surface area (Å²) in [4.78, 5) is 25.2. The van der Waals surface area contributed by atoms with Gasteiger partial charge in [0.15, 0.2) is 0 Å². The van der Waals surface area contributed by atoms with Gasteiger partial charge in [0, 0.05) is 13.1 Å². The highest BCUT2D eigenvalue weighted by molar-refractivity contribution is 5.75. The molecule has 0 aromatic heterocycles. The van der Waals surface area contributed by atoms with Gasteiger partial charge in [-0.15, -0.1) is 0 Å². The molecule has 6 nitrogen and oxygen atoms in total. The Labute approximate surface area is 120 Å². The number of piperazine rings is 1. The van der Waals surface area contributed by atoms with E-state index in [2.05, 4.69) is 6.92 Å². The van der Waals surface area contributed by atoms with Crippen LogP contribution in [0.1, 0.15) is 45.4 Å². The maximum absolute atomic E-state index is 11.2. The fourth-order valence-corrected chi connectivity index (χ4v) is 2.59. The Balaban J connectivity index is 2.33. The van der Waals surface area contributed by atoms with Crippen LogP contribution in [0.25, 0.3) is 0 Å². The van der Waals surface area contributed by atoms with Gasteiger partial charge in [0.25, 0.3) is 0 Å². The molecule has 0 spiro atoms. The number of aliphatic carboxylic acids is 1. The number of unbranched alkanes of at least 4 members (excludes halogenated alkanes) is 5. The van der Waals surface area contributed by atoms with Gasteiger partial charge in [0.1, 0.15) is 6.04 Å². The molecule has 1 atom stereocenters. The number of amides is 1. The molecule has 1 aliphatic rings. The highest BCUT2D eigenvalue weighted by Crippen LogP contribution is 2.13. The first kappa shape index (κ1) is 16.8. The van der Waals surface area contributed by atoms with Crippen molar-refractivity contribution in [1.82, 2.24) is 9.80 Å². The molecule has 0 bridgehead atoms. The normalized spacial score (nSPS) is 20.1. The zero-order valence-corrected chi connectivity index (χ0v) is 12.3. The van der Waals surface area contributed by atoms with Gasteiger partial charge in [0.2, 0.25) is 0 Å². The van der Waals surface area contributed by atoms with Crippen LogP contribution in [-0.2, 0) is 4.79 Å². The second kappa shape index (κ2) is 8.79. The van der Waals surface area contributed by atoms with E-state index in [-0.39, 0.29) is 6.54 Å². The van der Waals surface area contributed by atoms with E-state index in [1.165, 1.54) is 30.6 Å². The molecule has 1 fully saturated rings. The van der Waals surface area contributed by atoms with Crippen LogP contribution in [0.4, 0.5) is 4.79 Å². The highest BCUT2D eigenvalue weighted by atomic mass is 16.4. The first-order valence-corrected chi connectivity index (χ1v) is 7.51. The molecule has 1 saturated heterocycles. The van der Waals surface area contributed by atoms with Crippen molar-refractivity contribution in [3.8, 4) is 0 Å². The van der Waals surface area contributed by atoms with Crippen molar-refractivity contribution in [2.24, 2.45) is 0 Å². The van der Waals surface area contributed by atoms with E-state index < -0.39 is 18.1 Å². The van der Waals surface area contributed by atoms with Gasteiger partial charge in [0.05, 0.1) is 6.54 Å². The Morgan fingerprint density at radius 3 is 2.30 bits per heavy atom. The Kier molecular flexibility index (Phi) is 7.36. The number of nitrogens with zero attached hydrogens (tertiary/aromatic N) is 2. The lowest BCUT2D eigenvalue weighted by Gasteiger charge is -2.38. The maximum Gasteiger partial charge on any atom is 0.407 e. The van der Waals surface area contributed by atoms with Crippen molar-refractivity contribution in [1.29, 1.82) is 0 Å². The average Bonchev–Trinajstić information content (AvgIpc) is 2.42. The molecule has 20 heavy (non-hydrogen) atoms.